The summed E-state index contributed by atoms with van der Waals surface area (Å²) in [6.07, 6.45) is 1.84. The summed E-state index contributed by atoms with van der Waals surface area (Å²) in [4.78, 5) is 23.1. The first-order valence-electron chi connectivity index (χ1n) is 7.14. The van der Waals surface area contributed by atoms with Crippen LogP contribution >= 0.6 is 22.6 Å². The highest BCUT2D eigenvalue weighted by molar-refractivity contribution is 14.1. The van der Waals surface area contributed by atoms with E-state index in [0.29, 0.717) is 6.54 Å². The zero-order valence-corrected chi connectivity index (χ0v) is 15.7. The number of nitrogens with one attached hydrogen (secondary N) is 3. The molecule has 0 aliphatic heterocycles. The van der Waals surface area contributed by atoms with Gasteiger partial charge in [-0.25, -0.2) is 13.1 Å². The number of hydrogen-bond acceptors (Lipinski definition) is 4. The molecule has 0 aliphatic carbocycles. The molecule has 1 aromatic carbocycles. The molecule has 2 amide bonds. The fourth-order valence-electron chi connectivity index (χ4n) is 1.57. The summed E-state index contributed by atoms with van der Waals surface area (Å²) in [6, 6.07) is 6.25. The molecule has 0 atom stereocenters. The van der Waals surface area contributed by atoms with Gasteiger partial charge in [-0.15, -0.1) is 0 Å². The van der Waals surface area contributed by atoms with Gasteiger partial charge in [0.1, 0.15) is 0 Å². The molecule has 0 unspecified atom stereocenters. The summed E-state index contributed by atoms with van der Waals surface area (Å²) in [7, 11) is -3.74. The molecule has 0 saturated heterocycles. The van der Waals surface area contributed by atoms with Crippen LogP contribution in [0.25, 0.3) is 0 Å². The van der Waals surface area contributed by atoms with E-state index < -0.39 is 22.5 Å². The normalized spacial score (nSPS) is 11.0. The van der Waals surface area contributed by atoms with Gasteiger partial charge < -0.3 is 10.6 Å². The molecule has 0 heterocycles. The van der Waals surface area contributed by atoms with E-state index in [2.05, 4.69) is 37.9 Å². The van der Waals surface area contributed by atoms with E-state index in [-0.39, 0.29) is 17.3 Å². The molecule has 1 aromatic rings. The van der Waals surface area contributed by atoms with Crippen LogP contribution in [0.2, 0.25) is 0 Å². The summed E-state index contributed by atoms with van der Waals surface area (Å²) >= 11 is 2.07. The van der Waals surface area contributed by atoms with Crippen molar-refractivity contribution in [2.24, 2.45) is 0 Å². The van der Waals surface area contributed by atoms with Crippen LogP contribution in [0.4, 0.5) is 0 Å². The van der Waals surface area contributed by atoms with Crippen molar-refractivity contribution in [2.75, 3.05) is 19.6 Å². The van der Waals surface area contributed by atoms with E-state index in [4.69, 9.17) is 0 Å². The molecule has 0 saturated carbocycles. The minimum absolute atomic E-state index is 0.0861. The topological polar surface area (TPSA) is 104 Å². The van der Waals surface area contributed by atoms with Crippen LogP contribution < -0.4 is 15.4 Å². The number of unbranched alkanes of at least 4 members (excludes halogenated alkanes) is 1. The van der Waals surface area contributed by atoms with E-state index >= 15 is 0 Å². The average molecular weight is 453 g/mol. The quantitative estimate of drug-likeness (QED) is 0.376. The van der Waals surface area contributed by atoms with Crippen LogP contribution in [-0.2, 0) is 19.6 Å². The summed E-state index contributed by atoms with van der Waals surface area (Å²) in [5.41, 5.74) is 0. The lowest BCUT2D eigenvalue weighted by Gasteiger charge is -2.08. The Morgan fingerprint density at radius 2 is 1.65 bits per heavy atom. The highest BCUT2D eigenvalue weighted by Gasteiger charge is 2.15. The molecule has 23 heavy (non-hydrogen) atoms. The third kappa shape index (κ3) is 7.75. The number of hydrogen-bond donors (Lipinski definition) is 3. The standard InChI is InChI=1S/C14H20IN3O4S/c1-2-3-8-16-13(19)9-17-14(20)10-18-23(21,22)12-6-4-11(15)5-7-12/h4-7,18H,2-3,8-10H2,1H3,(H,16,19)(H,17,20). The van der Waals surface area contributed by atoms with Gasteiger partial charge in [0.05, 0.1) is 18.0 Å². The zero-order valence-electron chi connectivity index (χ0n) is 12.8. The van der Waals surface area contributed by atoms with Gasteiger partial charge in [-0.3, -0.25) is 9.59 Å². The predicted octanol–water partition coefficient (Wildman–Crippen LogP) is 0.602. The lowest BCUT2D eigenvalue weighted by molar-refractivity contribution is -0.125. The molecule has 0 radical (unpaired) electrons. The molecule has 128 valence electrons. The lowest BCUT2D eigenvalue weighted by atomic mass is 10.3. The van der Waals surface area contributed by atoms with Crippen LogP contribution in [0.1, 0.15) is 19.8 Å². The molecule has 7 nitrogen and oxygen atoms in total. The van der Waals surface area contributed by atoms with Crippen molar-refractivity contribution < 1.29 is 18.0 Å². The molecular formula is C14H20IN3O4S. The Morgan fingerprint density at radius 3 is 2.26 bits per heavy atom. The predicted molar refractivity (Wildman–Crippen MR) is 95.3 cm³/mol. The Kier molecular flexibility index (Phi) is 8.48. The molecule has 9 heteroatoms. The van der Waals surface area contributed by atoms with Gasteiger partial charge in [0, 0.05) is 10.1 Å². The molecule has 0 aliphatic rings. The van der Waals surface area contributed by atoms with Crippen molar-refractivity contribution in [1.82, 2.24) is 15.4 Å². The summed E-state index contributed by atoms with van der Waals surface area (Å²) in [6.45, 7) is 1.97. The Hall–Kier alpha value is -1.20. The smallest absolute Gasteiger partial charge is 0.241 e. The van der Waals surface area contributed by atoms with E-state index in [1.54, 1.807) is 12.1 Å². The molecule has 0 spiro atoms. The minimum atomic E-state index is -3.74. The molecule has 0 fully saturated rings. The third-order valence-electron chi connectivity index (χ3n) is 2.85. The highest BCUT2D eigenvalue weighted by atomic mass is 127. The second-order valence-corrected chi connectivity index (χ2v) is 7.77. The number of sulfonamides is 1. The Bertz CT molecular complexity index is 632. The minimum Gasteiger partial charge on any atom is -0.355 e. The number of carbonyl (C=O) groups is 2. The maximum Gasteiger partial charge on any atom is 0.241 e. The van der Waals surface area contributed by atoms with E-state index in [0.717, 1.165) is 16.4 Å². The maximum absolute atomic E-state index is 12.0. The molecular weight excluding hydrogens is 433 g/mol. The van der Waals surface area contributed by atoms with Crippen molar-refractivity contribution in [2.45, 2.75) is 24.7 Å². The van der Waals surface area contributed by atoms with Crippen LogP contribution in [0.15, 0.2) is 29.2 Å². The van der Waals surface area contributed by atoms with E-state index in [1.807, 2.05) is 6.92 Å². The number of benzene rings is 1. The van der Waals surface area contributed by atoms with Crippen molar-refractivity contribution in [3.05, 3.63) is 27.8 Å². The lowest BCUT2D eigenvalue weighted by Crippen LogP contribution is -2.42. The number of amides is 2. The van der Waals surface area contributed by atoms with Crippen LogP contribution in [0, 0.1) is 3.57 Å². The first kappa shape index (κ1) is 19.8. The first-order chi connectivity index (χ1) is 10.8. The summed E-state index contributed by atoms with van der Waals surface area (Å²) < 4.78 is 27.1. The fourth-order valence-corrected chi connectivity index (χ4v) is 2.91. The fraction of sp³-hybridized carbons (Fsp3) is 0.429. The third-order valence-corrected chi connectivity index (χ3v) is 4.98. The second-order valence-electron chi connectivity index (χ2n) is 4.76. The molecule has 1 rings (SSSR count). The molecule has 0 bridgehead atoms. The summed E-state index contributed by atoms with van der Waals surface area (Å²) in [5.74, 6) is -0.864. The van der Waals surface area contributed by atoms with Gasteiger partial charge in [0.15, 0.2) is 0 Å². The number of halogens is 1. The zero-order chi connectivity index (χ0) is 17.3. The summed E-state index contributed by atoms with van der Waals surface area (Å²) in [5, 5.41) is 5.01. The maximum atomic E-state index is 12.0. The SMILES string of the molecule is CCCCNC(=O)CNC(=O)CNS(=O)(=O)c1ccc(I)cc1. The van der Waals surface area contributed by atoms with Crippen LogP contribution in [0.3, 0.4) is 0 Å². The Balaban J connectivity index is 2.37. The molecule has 0 aromatic heterocycles. The van der Waals surface area contributed by atoms with Crippen molar-refractivity contribution >= 4 is 44.4 Å². The Labute approximate surface area is 149 Å². The largest absolute Gasteiger partial charge is 0.355 e. The molecule has 3 N–H and O–H groups in total. The van der Waals surface area contributed by atoms with Gasteiger partial charge >= 0.3 is 0 Å². The van der Waals surface area contributed by atoms with Crippen molar-refractivity contribution in [3.8, 4) is 0 Å². The van der Waals surface area contributed by atoms with Crippen LogP contribution in [-0.4, -0.2) is 39.9 Å². The monoisotopic (exact) mass is 453 g/mol. The average Bonchev–Trinajstić information content (AvgIpc) is 2.52. The van der Waals surface area contributed by atoms with Gasteiger partial charge in [-0.05, 0) is 53.3 Å². The van der Waals surface area contributed by atoms with Crippen LogP contribution in [0.5, 0.6) is 0 Å². The number of rotatable bonds is 9. The highest BCUT2D eigenvalue weighted by Crippen LogP contribution is 2.11. The first-order valence-corrected chi connectivity index (χ1v) is 9.70. The van der Waals surface area contributed by atoms with Gasteiger partial charge in [0.2, 0.25) is 21.8 Å². The van der Waals surface area contributed by atoms with E-state index in [9.17, 15) is 18.0 Å². The second kappa shape index (κ2) is 9.83. The number of carbonyl (C=O) groups excluding carboxylic acids is 2. The van der Waals surface area contributed by atoms with Gasteiger partial charge in [-0.1, -0.05) is 13.3 Å². The van der Waals surface area contributed by atoms with Gasteiger partial charge in [0.25, 0.3) is 0 Å². The van der Waals surface area contributed by atoms with Crippen molar-refractivity contribution in [1.29, 1.82) is 0 Å². The van der Waals surface area contributed by atoms with E-state index in [1.165, 1.54) is 12.1 Å². The van der Waals surface area contributed by atoms with Crippen molar-refractivity contribution in [3.63, 3.8) is 0 Å². The Morgan fingerprint density at radius 1 is 1.04 bits per heavy atom. The van der Waals surface area contributed by atoms with Gasteiger partial charge in [-0.2, -0.15) is 0 Å².